The zero-order valence-corrected chi connectivity index (χ0v) is 14.9. The number of aromatic nitrogens is 2. The van der Waals surface area contributed by atoms with Gasteiger partial charge in [-0.1, -0.05) is 6.07 Å². The van der Waals surface area contributed by atoms with E-state index >= 15 is 0 Å². The second-order valence-electron chi connectivity index (χ2n) is 5.73. The number of hydrogen-bond acceptors (Lipinski definition) is 5. The van der Waals surface area contributed by atoms with Crippen LogP contribution in [0.15, 0.2) is 40.9 Å². The molecule has 5 nitrogen and oxygen atoms in total. The van der Waals surface area contributed by atoms with E-state index in [1.807, 2.05) is 18.2 Å². The van der Waals surface area contributed by atoms with Gasteiger partial charge in [0.05, 0.1) is 5.69 Å². The highest BCUT2D eigenvalue weighted by atomic mass is 127. The highest BCUT2D eigenvalue weighted by Gasteiger charge is 2.24. The van der Waals surface area contributed by atoms with Crippen LogP contribution in [0.3, 0.4) is 0 Å². The Morgan fingerprint density at radius 1 is 1.30 bits per heavy atom. The third-order valence-corrected chi connectivity index (χ3v) is 5.04. The van der Waals surface area contributed by atoms with Crippen LogP contribution in [-0.4, -0.2) is 35.6 Å². The zero-order chi connectivity index (χ0) is 15.8. The molecule has 1 aliphatic heterocycles. The maximum absolute atomic E-state index is 6.19. The Bertz CT molecular complexity index is 833. The first-order valence-corrected chi connectivity index (χ1v) is 8.80. The molecule has 4 rings (SSSR count). The van der Waals surface area contributed by atoms with Gasteiger partial charge in [-0.05, 0) is 53.8 Å². The second-order valence-corrected chi connectivity index (χ2v) is 6.89. The fourth-order valence-electron chi connectivity index (χ4n) is 2.94. The van der Waals surface area contributed by atoms with Crippen LogP contribution in [0.1, 0.15) is 6.92 Å². The number of halogens is 1. The molecule has 2 aromatic heterocycles. The fourth-order valence-corrected chi connectivity index (χ4v) is 3.48. The third-order valence-electron chi connectivity index (χ3n) is 4.17. The molecule has 0 bridgehead atoms. The molecule has 0 radical (unpaired) electrons. The molecule has 6 heteroatoms. The summed E-state index contributed by atoms with van der Waals surface area (Å²) in [5.74, 6) is 0. The lowest BCUT2D eigenvalue weighted by molar-refractivity contribution is 0.456. The van der Waals surface area contributed by atoms with Gasteiger partial charge >= 0.3 is 0 Å². The number of nitrogens with zero attached hydrogens (tertiary/aromatic N) is 3. The van der Waals surface area contributed by atoms with E-state index in [0.717, 1.165) is 45.6 Å². The number of oxazole rings is 1. The summed E-state index contributed by atoms with van der Waals surface area (Å²) in [6, 6.07) is 11.1. The van der Waals surface area contributed by atoms with Crippen molar-refractivity contribution in [2.24, 2.45) is 0 Å². The lowest BCUT2D eigenvalue weighted by Gasteiger charge is -2.32. The van der Waals surface area contributed by atoms with Crippen molar-refractivity contribution in [3.63, 3.8) is 0 Å². The van der Waals surface area contributed by atoms with Crippen LogP contribution in [0.2, 0.25) is 0 Å². The van der Waals surface area contributed by atoms with Gasteiger partial charge in [0.25, 0.3) is 6.01 Å². The molecule has 1 N–H and O–H groups in total. The van der Waals surface area contributed by atoms with Crippen molar-refractivity contribution < 1.29 is 4.42 Å². The van der Waals surface area contributed by atoms with Crippen molar-refractivity contribution in [3.05, 3.63) is 40.1 Å². The van der Waals surface area contributed by atoms with E-state index in [-0.39, 0.29) is 0 Å². The minimum Gasteiger partial charge on any atom is -0.423 e. The molecule has 1 unspecified atom stereocenters. The lowest BCUT2D eigenvalue weighted by Crippen LogP contribution is -2.50. The standard InChI is InChI=1S/C17H17IN4O/c1-11-10-19-8-9-22(11)17-21-15-13(18)6-5-12(16(15)23-17)14-4-2-3-7-20-14/h2-7,11,19H,8-10H2,1H3. The van der Waals surface area contributed by atoms with Gasteiger partial charge in [-0.25, -0.2) is 0 Å². The Morgan fingerprint density at radius 2 is 2.22 bits per heavy atom. The normalized spacial score (nSPS) is 18.5. The molecule has 1 aliphatic rings. The Labute approximate surface area is 148 Å². The van der Waals surface area contributed by atoms with Crippen molar-refractivity contribution >= 4 is 39.7 Å². The summed E-state index contributed by atoms with van der Waals surface area (Å²) in [6.07, 6.45) is 1.80. The molecule has 118 valence electrons. The van der Waals surface area contributed by atoms with Gasteiger partial charge < -0.3 is 14.6 Å². The Morgan fingerprint density at radius 3 is 3.00 bits per heavy atom. The van der Waals surface area contributed by atoms with Crippen LogP contribution in [0.25, 0.3) is 22.4 Å². The predicted octanol–water partition coefficient (Wildman–Crippen LogP) is 3.29. The number of rotatable bonds is 2. The topological polar surface area (TPSA) is 54.2 Å². The van der Waals surface area contributed by atoms with Crippen molar-refractivity contribution in [3.8, 4) is 11.3 Å². The number of hydrogen-bond donors (Lipinski definition) is 1. The summed E-state index contributed by atoms with van der Waals surface area (Å²) in [4.78, 5) is 11.5. The number of pyridine rings is 1. The maximum atomic E-state index is 6.19. The molecule has 3 heterocycles. The average Bonchev–Trinajstić information content (AvgIpc) is 3.02. The van der Waals surface area contributed by atoms with Crippen molar-refractivity contribution in [1.29, 1.82) is 0 Å². The Balaban J connectivity index is 1.86. The molecule has 1 aromatic carbocycles. The first-order valence-electron chi connectivity index (χ1n) is 7.72. The quantitative estimate of drug-likeness (QED) is 0.645. The van der Waals surface area contributed by atoms with E-state index in [0.29, 0.717) is 12.1 Å². The zero-order valence-electron chi connectivity index (χ0n) is 12.8. The molecular formula is C17H17IN4O. The van der Waals surface area contributed by atoms with E-state index < -0.39 is 0 Å². The van der Waals surface area contributed by atoms with E-state index in [1.165, 1.54) is 0 Å². The molecule has 0 spiro atoms. The predicted molar refractivity (Wildman–Crippen MR) is 99.6 cm³/mol. The third kappa shape index (κ3) is 2.70. The molecule has 1 atom stereocenters. The summed E-state index contributed by atoms with van der Waals surface area (Å²) < 4.78 is 7.28. The van der Waals surface area contributed by atoms with E-state index in [2.05, 4.69) is 56.8 Å². The first-order chi connectivity index (χ1) is 11.2. The van der Waals surface area contributed by atoms with Gasteiger partial charge in [0, 0.05) is 41.0 Å². The SMILES string of the molecule is CC1CNCCN1c1nc2c(I)ccc(-c3ccccn3)c2o1. The number of fused-ring (bicyclic) bond motifs is 1. The fraction of sp³-hybridized carbons (Fsp3) is 0.294. The highest BCUT2D eigenvalue weighted by molar-refractivity contribution is 14.1. The number of anilines is 1. The molecule has 1 saturated heterocycles. The number of benzene rings is 1. The minimum atomic E-state index is 0.368. The van der Waals surface area contributed by atoms with E-state index in [4.69, 9.17) is 9.40 Å². The van der Waals surface area contributed by atoms with Crippen LogP contribution < -0.4 is 10.2 Å². The van der Waals surface area contributed by atoms with Gasteiger partial charge in [-0.3, -0.25) is 4.98 Å². The molecule has 3 aromatic rings. The second kappa shape index (κ2) is 6.09. The maximum Gasteiger partial charge on any atom is 0.298 e. The van der Waals surface area contributed by atoms with Gasteiger partial charge in [0.2, 0.25) is 0 Å². The lowest BCUT2D eigenvalue weighted by atomic mass is 10.1. The first kappa shape index (κ1) is 14.9. The van der Waals surface area contributed by atoms with Crippen LogP contribution in [-0.2, 0) is 0 Å². The van der Waals surface area contributed by atoms with Gasteiger partial charge in [0.1, 0.15) is 5.52 Å². The molecule has 0 saturated carbocycles. The summed E-state index contributed by atoms with van der Waals surface area (Å²) in [7, 11) is 0. The van der Waals surface area contributed by atoms with Crippen LogP contribution in [0.5, 0.6) is 0 Å². The molecule has 1 fully saturated rings. The van der Waals surface area contributed by atoms with Gasteiger partial charge in [-0.2, -0.15) is 4.98 Å². The summed E-state index contributed by atoms with van der Waals surface area (Å²) in [5, 5.41) is 3.39. The van der Waals surface area contributed by atoms with Crippen molar-refractivity contribution in [1.82, 2.24) is 15.3 Å². The Kier molecular flexibility index (Phi) is 3.94. The Hall–Kier alpha value is -1.67. The molecular weight excluding hydrogens is 403 g/mol. The van der Waals surface area contributed by atoms with Gasteiger partial charge in [-0.15, -0.1) is 0 Å². The number of piperazine rings is 1. The smallest absolute Gasteiger partial charge is 0.298 e. The van der Waals surface area contributed by atoms with E-state index in [1.54, 1.807) is 6.20 Å². The molecule has 0 aliphatic carbocycles. The minimum absolute atomic E-state index is 0.368. The highest BCUT2D eigenvalue weighted by Crippen LogP contribution is 2.34. The van der Waals surface area contributed by atoms with Crippen molar-refractivity contribution in [2.45, 2.75) is 13.0 Å². The van der Waals surface area contributed by atoms with Gasteiger partial charge in [0.15, 0.2) is 5.58 Å². The summed E-state index contributed by atoms with van der Waals surface area (Å²) in [6.45, 7) is 4.99. The molecule has 0 amide bonds. The largest absolute Gasteiger partial charge is 0.423 e. The van der Waals surface area contributed by atoms with Crippen LogP contribution >= 0.6 is 22.6 Å². The van der Waals surface area contributed by atoms with Crippen LogP contribution in [0.4, 0.5) is 6.01 Å². The van der Waals surface area contributed by atoms with E-state index in [9.17, 15) is 0 Å². The van der Waals surface area contributed by atoms with Crippen molar-refractivity contribution in [2.75, 3.05) is 24.5 Å². The summed E-state index contributed by atoms with van der Waals surface area (Å²) in [5.41, 5.74) is 3.62. The monoisotopic (exact) mass is 420 g/mol. The number of nitrogens with one attached hydrogen (secondary N) is 1. The summed E-state index contributed by atoms with van der Waals surface area (Å²) >= 11 is 2.31. The van der Waals surface area contributed by atoms with Crippen LogP contribution in [0, 0.1) is 3.57 Å². The molecule has 23 heavy (non-hydrogen) atoms. The average molecular weight is 420 g/mol.